The normalized spacial score (nSPS) is 12.0. The Morgan fingerprint density at radius 2 is 1.22 bits per heavy atom. The number of furan rings is 1. The average molecular weight is 577 g/mol. The van der Waals surface area contributed by atoms with Crippen LogP contribution in [0.25, 0.3) is 93.9 Å². The molecule has 0 unspecified atom stereocenters. The van der Waals surface area contributed by atoms with Gasteiger partial charge in [0.15, 0.2) is 5.58 Å². The van der Waals surface area contributed by atoms with Gasteiger partial charge in [-0.25, -0.2) is 4.98 Å². The molecule has 0 bridgehead atoms. The van der Waals surface area contributed by atoms with E-state index >= 15 is 0 Å². The Morgan fingerprint density at radius 1 is 0.489 bits per heavy atom. The lowest BCUT2D eigenvalue weighted by Gasteiger charge is -2.08. The first kappa shape index (κ1) is 24.3. The third-order valence-corrected chi connectivity index (χ3v) is 9.01. The van der Waals surface area contributed by atoms with Crippen molar-refractivity contribution in [2.24, 2.45) is 0 Å². The Bertz CT molecular complexity index is 2750. The maximum Gasteiger partial charge on any atom is 0.227 e. The highest BCUT2D eigenvalue weighted by molar-refractivity contribution is 6.22. The van der Waals surface area contributed by atoms with Crippen molar-refractivity contribution in [1.82, 2.24) is 9.55 Å². The first-order valence-electron chi connectivity index (χ1n) is 15.1. The molecular weight excluding hydrogens is 552 g/mol. The maximum absolute atomic E-state index is 6.75. The van der Waals surface area contributed by atoms with Crippen LogP contribution in [-0.2, 0) is 0 Å². The second kappa shape index (κ2) is 9.18. The Hall–Kier alpha value is -6.13. The van der Waals surface area contributed by atoms with Crippen LogP contribution in [0.2, 0.25) is 0 Å². The molecule has 3 heterocycles. The van der Waals surface area contributed by atoms with Crippen molar-refractivity contribution in [2.45, 2.75) is 0 Å². The molecule has 0 saturated heterocycles. The molecule has 3 aromatic heterocycles. The fraction of sp³-hybridized carbons (Fsp3) is 0. The third kappa shape index (κ3) is 3.51. The minimum atomic E-state index is 0.586. The molecule has 0 spiro atoms. The summed E-state index contributed by atoms with van der Waals surface area (Å²) in [5.41, 5.74) is 9.59. The quantitative estimate of drug-likeness (QED) is 0.210. The zero-order chi connectivity index (χ0) is 29.5. The van der Waals surface area contributed by atoms with E-state index in [2.05, 4.69) is 114 Å². The standard InChI is InChI=1S/C41H24N2O2/c1-3-11-25(12-4-1)31-24-36-38(30-17-9-10-18-35(30)44-36)39-40(31)45-41(42-39)27-20-21-33-32(23-27)37-29-16-8-7-13-26(29)19-22-34(37)43(33)28-14-5-2-6-15-28/h1-24H. The molecule has 0 aliphatic rings. The van der Waals surface area contributed by atoms with Gasteiger partial charge in [0.25, 0.3) is 0 Å². The molecule has 0 amide bonds. The second-order valence-electron chi connectivity index (χ2n) is 11.5. The van der Waals surface area contributed by atoms with E-state index in [1.54, 1.807) is 0 Å². The summed E-state index contributed by atoms with van der Waals surface area (Å²) in [5, 5.41) is 6.83. The molecule has 10 rings (SSSR count). The van der Waals surface area contributed by atoms with Crippen molar-refractivity contribution in [1.29, 1.82) is 0 Å². The lowest BCUT2D eigenvalue weighted by Crippen LogP contribution is -1.93. The molecular formula is C41H24N2O2. The van der Waals surface area contributed by atoms with Gasteiger partial charge in [-0.1, -0.05) is 97.1 Å². The molecule has 210 valence electrons. The molecule has 0 aliphatic heterocycles. The van der Waals surface area contributed by atoms with Gasteiger partial charge in [0.05, 0.1) is 16.4 Å². The SMILES string of the molecule is c1ccc(-c2cc3oc4ccccc4c3c3nc(-c4ccc5c(c4)c4c6ccccc6ccc4n5-c4ccccc4)oc23)cc1. The summed E-state index contributed by atoms with van der Waals surface area (Å²) in [5.74, 6) is 0.586. The van der Waals surface area contributed by atoms with Crippen LogP contribution in [0, 0.1) is 0 Å². The number of hydrogen-bond acceptors (Lipinski definition) is 3. The number of benzene rings is 7. The van der Waals surface area contributed by atoms with E-state index in [1.165, 1.54) is 21.7 Å². The highest BCUT2D eigenvalue weighted by atomic mass is 16.4. The van der Waals surface area contributed by atoms with Gasteiger partial charge in [-0.05, 0) is 64.9 Å². The number of nitrogens with zero attached hydrogens (tertiary/aromatic N) is 2. The summed E-state index contributed by atoms with van der Waals surface area (Å²) in [7, 11) is 0. The molecule has 0 N–H and O–H groups in total. The van der Waals surface area contributed by atoms with E-state index in [1.807, 2.05) is 36.4 Å². The predicted octanol–water partition coefficient (Wildman–Crippen LogP) is 11.3. The monoisotopic (exact) mass is 576 g/mol. The largest absolute Gasteiger partial charge is 0.456 e. The number of aromatic nitrogens is 2. The third-order valence-electron chi connectivity index (χ3n) is 9.01. The Labute approximate surface area is 257 Å². The van der Waals surface area contributed by atoms with Crippen LogP contribution in [0.5, 0.6) is 0 Å². The van der Waals surface area contributed by atoms with Gasteiger partial charge in [0, 0.05) is 33.0 Å². The number of fused-ring (bicyclic) bond motifs is 10. The maximum atomic E-state index is 6.75. The first-order valence-corrected chi connectivity index (χ1v) is 15.1. The van der Waals surface area contributed by atoms with Gasteiger partial charge in [0.1, 0.15) is 16.7 Å². The summed E-state index contributed by atoms with van der Waals surface area (Å²) < 4.78 is 15.4. The van der Waals surface area contributed by atoms with Gasteiger partial charge in [0.2, 0.25) is 5.89 Å². The lowest BCUT2D eigenvalue weighted by molar-refractivity contribution is 0.620. The van der Waals surface area contributed by atoms with Crippen molar-refractivity contribution in [3.05, 3.63) is 146 Å². The first-order chi connectivity index (χ1) is 22.3. The molecule has 10 aromatic rings. The van der Waals surface area contributed by atoms with Gasteiger partial charge < -0.3 is 13.4 Å². The average Bonchev–Trinajstić information content (AvgIpc) is 3.80. The molecule has 7 aromatic carbocycles. The molecule has 0 aliphatic carbocycles. The van der Waals surface area contributed by atoms with Crippen LogP contribution < -0.4 is 0 Å². The zero-order valence-electron chi connectivity index (χ0n) is 24.1. The fourth-order valence-corrected chi connectivity index (χ4v) is 7.01. The predicted molar refractivity (Wildman–Crippen MR) is 184 cm³/mol. The molecule has 0 saturated carbocycles. The molecule has 0 atom stereocenters. The van der Waals surface area contributed by atoms with E-state index in [-0.39, 0.29) is 0 Å². The number of para-hydroxylation sites is 2. The van der Waals surface area contributed by atoms with E-state index in [4.69, 9.17) is 13.8 Å². The molecule has 0 fully saturated rings. The van der Waals surface area contributed by atoms with Gasteiger partial charge >= 0.3 is 0 Å². The van der Waals surface area contributed by atoms with Crippen LogP contribution in [-0.4, -0.2) is 9.55 Å². The smallest absolute Gasteiger partial charge is 0.227 e. The van der Waals surface area contributed by atoms with Crippen LogP contribution in [0.1, 0.15) is 0 Å². The van der Waals surface area contributed by atoms with Gasteiger partial charge in [-0.15, -0.1) is 0 Å². The van der Waals surface area contributed by atoms with Crippen molar-refractivity contribution >= 4 is 65.6 Å². The second-order valence-corrected chi connectivity index (χ2v) is 11.5. The molecule has 0 radical (unpaired) electrons. The van der Waals surface area contributed by atoms with Gasteiger partial charge in [-0.2, -0.15) is 0 Å². The zero-order valence-corrected chi connectivity index (χ0v) is 24.1. The summed E-state index contributed by atoms with van der Waals surface area (Å²) in [6.45, 7) is 0. The summed E-state index contributed by atoms with van der Waals surface area (Å²) in [4.78, 5) is 5.20. The summed E-state index contributed by atoms with van der Waals surface area (Å²) >= 11 is 0. The van der Waals surface area contributed by atoms with Crippen molar-refractivity contribution in [2.75, 3.05) is 0 Å². The molecule has 4 nitrogen and oxygen atoms in total. The highest BCUT2D eigenvalue weighted by Gasteiger charge is 2.22. The van der Waals surface area contributed by atoms with E-state index in [9.17, 15) is 0 Å². The minimum absolute atomic E-state index is 0.586. The van der Waals surface area contributed by atoms with Crippen molar-refractivity contribution < 1.29 is 8.83 Å². The Kier molecular flexibility index (Phi) is 4.96. The van der Waals surface area contributed by atoms with Crippen LogP contribution in [0.3, 0.4) is 0 Å². The topological polar surface area (TPSA) is 44.1 Å². The molecule has 45 heavy (non-hydrogen) atoms. The fourth-order valence-electron chi connectivity index (χ4n) is 7.01. The summed E-state index contributed by atoms with van der Waals surface area (Å²) in [6, 6.07) is 50.7. The minimum Gasteiger partial charge on any atom is -0.456 e. The highest BCUT2D eigenvalue weighted by Crippen LogP contribution is 2.43. The lowest BCUT2D eigenvalue weighted by atomic mass is 10.0. The van der Waals surface area contributed by atoms with E-state index in [0.29, 0.717) is 5.89 Å². The van der Waals surface area contributed by atoms with E-state index < -0.39 is 0 Å². The van der Waals surface area contributed by atoms with Crippen LogP contribution >= 0.6 is 0 Å². The van der Waals surface area contributed by atoms with E-state index in [0.717, 1.165) is 66.3 Å². The van der Waals surface area contributed by atoms with Gasteiger partial charge in [-0.3, -0.25) is 0 Å². The van der Waals surface area contributed by atoms with Crippen molar-refractivity contribution in [3.8, 4) is 28.3 Å². The van der Waals surface area contributed by atoms with Crippen LogP contribution in [0.15, 0.2) is 154 Å². The number of rotatable bonds is 3. The van der Waals surface area contributed by atoms with Crippen molar-refractivity contribution in [3.63, 3.8) is 0 Å². The van der Waals surface area contributed by atoms with Crippen LogP contribution in [0.4, 0.5) is 0 Å². The number of oxazole rings is 1. The summed E-state index contributed by atoms with van der Waals surface area (Å²) in [6.07, 6.45) is 0. The Balaban J connectivity index is 1.29. The number of hydrogen-bond donors (Lipinski definition) is 0. The molecule has 4 heteroatoms. The Morgan fingerprint density at radius 3 is 2.09 bits per heavy atom.